The quantitative estimate of drug-likeness (QED) is 0.865. The molecule has 0 aliphatic rings. The van der Waals surface area contributed by atoms with Gasteiger partial charge >= 0.3 is 5.97 Å². The van der Waals surface area contributed by atoms with Crippen molar-refractivity contribution < 1.29 is 22.7 Å². The van der Waals surface area contributed by atoms with Gasteiger partial charge in [0.05, 0.1) is 27.7 Å². The Morgan fingerprint density at radius 2 is 2.20 bits per heavy atom. The second-order valence-corrected chi connectivity index (χ2v) is 5.93. The van der Waals surface area contributed by atoms with Crippen molar-refractivity contribution in [2.24, 2.45) is 0 Å². The fourth-order valence-corrected chi connectivity index (χ4v) is 2.64. The van der Waals surface area contributed by atoms with E-state index in [2.05, 4.69) is 9.71 Å². The minimum absolute atomic E-state index is 0.0343. The number of carboxylic acids is 1. The van der Waals surface area contributed by atoms with Crippen molar-refractivity contribution in [2.75, 3.05) is 0 Å². The third kappa shape index (κ3) is 3.16. The highest BCUT2D eigenvalue weighted by molar-refractivity contribution is 7.89. The van der Waals surface area contributed by atoms with Crippen LogP contribution in [0.1, 0.15) is 16.1 Å². The zero-order valence-corrected chi connectivity index (χ0v) is 11.5. The molecule has 2 aromatic rings. The molecule has 0 amide bonds. The third-order valence-corrected chi connectivity index (χ3v) is 4.13. The number of nitrogens with zero attached hydrogens (tertiary/aromatic N) is 1. The topological polar surface area (TPSA) is 110 Å². The molecular weight excluding hydrogens is 308 g/mol. The number of rotatable bonds is 5. The normalized spacial score (nSPS) is 11.4. The van der Waals surface area contributed by atoms with E-state index in [4.69, 9.17) is 21.1 Å². The van der Waals surface area contributed by atoms with Crippen molar-refractivity contribution in [3.63, 3.8) is 0 Å². The van der Waals surface area contributed by atoms with Crippen molar-refractivity contribution in [3.8, 4) is 0 Å². The maximum atomic E-state index is 12.0. The van der Waals surface area contributed by atoms with Crippen LogP contribution in [0, 0.1) is 0 Å². The number of oxazole rings is 1. The SMILES string of the molecule is O=C(O)c1cc(S(=O)(=O)NCc2cocn2)ccc1Cl. The number of nitrogens with one attached hydrogen (secondary N) is 1. The Kier molecular flexibility index (Phi) is 4.07. The van der Waals surface area contributed by atoms with Gasteiger partial charge in [0.1, 0.15) is 6.26 Å². The maximum absolute atomic E-state index is 12.0. The van der Waals surface area contributed by atoms with Gasteiger partial charge in [-0.15, -0.1) is 0 Å². The molecule has 0 saturated heterocycles. The Balaban J connectivity index is 2.25. The molecule has 2 N–H and O–H groups in total. The molecule has 0 bridgehead atoms. The van der Waals surface area contributed by atoms with Crippen molar-refractivity contribution >= 4 is 27.6 Å². The van der Waals surface area contributed by atoms with E-state index in [-0.39, 0.29) is 22.0 Å². The number of hydrogen-bond acceptors (Lipinski definition) is 5. The highest BCUT2D eigenvalue weighted by Crippen LogP contribution is 2.20. The molecule has 0 radical (unpaired) electrons. The first-order chi connectivity index (χ1) is 9.40. The van der Waals surface area contributed by atoms with E-state index in [0.717, 1.165) is 6.07 Å². The first-order valence-electron chi connectivity index (χ1n) is 5.30. The van der Waals surface area contributed by atoms with Gasteiger partial charge in [0, 0.05) is 0 Å². The predicted molar refractivity (Wildman–Crippen MR) is 68.9 cm³/mol. The molecule has 20 heavy (non-hydrogen) atoms. The summed E-state index contributed by atoms with van der Waals surface area (Å²) in [5, 5.41) is 8.88. The van der Waals surface area contributed by atoms with E-state index in [1.165, 1.54) is 24.8 Å². The lowest BCUT2D eigenvalue weighted by Crippen LogP contribution is -2.23. The molecule has 9 heteroatoms. The van der Waals surface area contributed by atoms with Crippen LogP contribution < -0.4 is 4.72 Å². The molecule has 1 aromatic heterocycles. The number of aromatic nitrogens is 1. The van der Waals surface area contributed by atoms with Gasteiger partial charge in [0.25, 0.3) is 0 Å². The monoisotopic (exact) mass is 316 g/mol. The zero-order valence-electron chi connectivity index (χ0n) is 9.91. The lowest BCUT2D eigenvalue weighted by Gasteiger charge is -2.07. The summed E-state index contributed by atoms with van der Waals surface area (Å²) in [6.45, 7) is -0.0656. The Morgan fingerprint density at radius 3 is 2.80 bits per heavy atom. The van der Waals surface area contributed by atoms with Gasteiger partial charge in [-0.3, -0.25) is 0 Å². The van der Waals surface area contributed by atoms with Crippen LogP contribution in [0.25, 0.3) is 0 Å². The smallest absolute Gasteiger partial charge is 0.337 e. The Hall–Kier alpha value is -1.90. The van der Waals surface area contributed by atoms with E-state index in [1.807, 2.05) is 0 Å². The third-order valence-electron chi connectivity index (χ3n) is 2.41. The number of carboxylic acid groups (broad SMARTS) is 1. The van der Waals surface area contributed by atoms with Crippen molar-refractivity contribution in [1.82, 2.24) is 9.71 Å². The van der Waals surface area contributed by atoms with Crippen LogP contribution in [0.5, 0.6) is 0 Å². The number of benzene rings is 1. The van der Waals surface area contributed by atoms with Crippen LogP contribution in [0.2, 0.25) is 5.02 Å². The molecule has 2 rings (SSSR count). The molecule has 0 aliphatic carbocycles. The highest BCUT2D eigenvalue weighted by atomic mass is 35.5. The Bertz CT molecular complexity index is 727. The highest BCUT2D eigenvalue weighted by Gasteiger charge is 2.18. The molecule has 0 fully saturated rings. The molecule has 7 nitrogen and oxygen atoms in total. The Labute approximate surface area is 119 Å². The van der Waals surface area contributed by atoms with Crippen molar-refractivity contribution in [2.45, 2.75) is 11.4 Å². The van der Waals surface area contributed by atoms with Crippen molar-refractivity contribution in [1.29, 1.82) is 0 Å². The molecule has 0 unspecified atom stereocenters. The molecule has 0 spiro atoms. The summed E-state index contributed by atoms with van der Waals surface area (Å²) in [5.74, 6) is -1.30. The van der Waals surface area contributed by atoms with Crippen LogP contribution in [0.4, 0.5) is 0 Å². The van der Waals surface area contributed by atoms with Crippen LogP contribution in [-0.2, 0) is 16.6 Å². The van der Waals surface area contributed by atoms with Gasteiger partial charge in [-0.1, -0.05) is 11.6 Å². The van der Waals surface area contributed by atoms with E-state index >= 15 is 0 Å². The van der Waals surface area contributed by atoms with Crippen LogP contribution in [0.3, 0.4) is 0 Å². The fraction of sp³-hybridized carbons (Fsp3) is 0.0909. The summed E-state index contributed by atoms with van der Waals surface area (Å²) >= 11 is 5.68. The molecule has 1 heterocycles. The van der Waals surface area contributed by atoms with Crippen LogP contribution >= 0.6 is 11.6 Å². The number of aromatic carboxylic acids is 1. The average Bonchev–Trinajstić information content (AvgIpc) is 2.89. The average molecular weight is 317 g/mol. The number of sulfonamides is 1. The molecule has 1 aromatic carbocycles. The molecule has 0 atom stereocenters. The lowest BCUT2D eigenvalue weighted by atomic mass is 10.2. The largest absolute Gasteiger partial charge is 0.478 e. The van der Waals surface area contributed by atoms with E-state index < -0.39 is 16.0 Å². The minimum atomic E-state index is -3.86. The summed E-state index contributed by atoms with van der Waals surface area (Å²) in [7, 11) is -3.86. The Morgan fingerprint density at radius 1 is 1.45 bits per heavy atom. The van der Waals surface area contributed by atoms with Gasteiger partial charge in [-0.05, 0) is 18.2 Å². The standard InChI is InChI=1S/C11H9ClN2O5S/c12-10-2-1-8(3-9(10)11(15)16)20(17,18)14-4-7-5-19-6-13-7/h1-3,5-6,14H,4H2,(H,15,16). The van der Waals surface area contributed by atoms with Crippen molar-refractivity contribution in [3.05, 3.63) is 47.1 Å². The minimum Gasteiger partial charge on any atom is -0.478 e. The summed E-state index contributed by atoms with van der Waals surface area (Å²) in [4.78, 5) is 14.5. The molecule has 0 aliphatic heterocycles. The van der Waals surface area contributed by atoms with Crippen LogP contribution in [0.15, 0.2) is 40.2 Å². The second-order valence-electron chi connectivity index (χ2n) is 3.75. The van der Waals surface area contributed by atoms with Gasteiger partial charge in [0.15, 0.2) is 6.39 Å². The maximum Gasteiger partial charge on any atom is 0.337 e. The van der Waals surface area contributed by atoms with E-state index in [9.17, 15) is 13.2 Å². The first-order valence-corrected chi connectivity index (χ1v) is 7.16. The van der Waals surface area contributed by atoms with Gasteiger partial charge < -0.3 is 9.52 Å². The van der Waals surface area contributed by atoms with E-state index in [1.54, 1.807) is 0 Å². The summed E-state index contributed by atoms with van der Waals surface area (Å²) < 4.78 is 31.0. The predicted octanol–water partition coefficient (Wildman–Crippen LogP) is 1.50. The second kappa shape index (κ2) is 5.61. The summed E-state index contributed by atoms with van der Waals surface area (Å²) in [6.07, 6.45) is 2.47. The summed E-state index contributed by atoms with van der Waals surface area (Å²) in [5.41, 5.74) is 0.122. The fourth-order valence-electron chi connectivity index (χ4n) is 1.41. The lowest BCUT2D eigenvalue weighted by molar-refractivity contribution is 0.0697. The van der Waals surface area contributed by atoms with Gasteiger partial charge in [-0.2, -0.15) is 0 Å². The molecule has 106 valence electrons. The number of carbonyl (C=O) groups is 1. The van der Waals surface area contributed by atoms with Crippen LogP contribution in [-0.4, -0.2) is 24.5 Å². The number of halogens is 1. The molecule has 0 saturated carbocycles. The van der Waals surface area contributed by atoms with Gasteiger partial charge in [-0.25, -0.2) is 22.9 Å². The zero-order chi connectivity index (χ0) is 14.8. The first kappa shape index (κ1) is 14.5. The molecular formula is C11H9ClN2O5S. The van der Waals surface area contributed by atoms with Gasteiger partial charge in [0.2, 0.25) is 10.0 Å². The van der Waals surface area contributed by atoms with E-state index in [0.29, 0.717) is 5.69 Å². The number of hydrogen-bond donors (Lipinski definition) is 2. The summed E-state index contributed by atoms with van der Waals surface area (Å²) in [6, 6.07) is 3.44.